The molecule has 2 aromatic carbocycles. The first-order valence-electron chi connectivity index (χ1n) is 10.4. The number of carboxylic acid groups (broad SMARTS) is 1. The van der Waals surface area contributed by atoms with Crippen molar-refractivity contribution in [1.29, 1.82) is 0 Å². The number of fused-ring (bicyclic) bond motifs is 2. The number of aryl methyl sites for hydroxylation is 1. The zero-order chi connectivity index (χ0) is 20.8. The molecule has 0 bridgehead atoms. The van der Waals surface area contributed by atoms with Gasteiger partial charge in [0.15, 0.2) is 0 Å². The number of nitrogens with zero attached hydrogens (tertiary/aromatic N) is 1. The maximum atomic E-state index is 11.3. The molecule has 2 fully saturated rings. The number of hydrogen-bond donors (Lipinski definition) is 2. The van der Waals surface area contributed by atoms with Gasteiger partial charge >= 0.3 is 5.97 Å². The highest BCUT2D eigenvalue weighted by Crippen LogP contribution is 2.46. The van der Waals surface area contributed by atoms with E-state index >= 15 is 0 Å². The molecular formula is C24H26N2O4. The van der Waals surface area contributed by atoms with Crippen LogP contribution in [-0.2, 0) is 11.3 Å². The van der Waals surface area contributed by atoms with Crippen molar-refractivity contribution in [2.24, 2.45) is 11.8 Å². The third kappa shape index (κ3) is 3.07. The van der Waals surface area contributed by atoms with Crippen LogP contribution in [-0.4, -0.2) is 47.8 Å². The number of ether oxygens (including phenoxy) is 2. The van der Waals surface area contributed by atoms with E-state index in [0.717, 1.165) is 43.1 Å². The molecule has 0 saturated carbocycles. The van der Waals surface area contributed by atoms with Crippen molar-refractivity contribution >= 4 is 16.9 Å². The summed E-state index contributed by atoms with van der Waals surface area (Å²) in [4.78, 5) is 17.1. The summed E-state index contributed by atoms with van der Waals surface area (Å²) >= 11 is 0. The number of aromatic amines is 1. The van der Waals surface area contributed by atoms with Gasteiger partial charge in [0.2, 0.25) is 0 Å². The number of hydrogen-bond acceptors (Lipinski definition) is 4. The molecule has 3 aromatic rings. The van der Waals surface area contributed by atoms with Gasteiger partial charge in [0.05, 0.1) is 25.9 Å². The van der Waals surface area contributed by atoms with Crippen LogP contribution in [0.2, 0.25) is 0 Å². The van der Waals surface area contributed by atoms with Crippen LogP contribution < -0.4 is 4.74 Å². The molecule has 6 nitrogen and oxygen atoms in total. The van der Waals surface area contributed by atoms with Crippen molar-refractivity contribution < 1.29 is 19.4 Å². The van der Waals surface area contributed by atoms with Gasteiger partial charge in [-0.3, -0.25) is 4.90 Å². The highest BCUT2D eigenvalue weighted by Gasteiger charge is 2.45. The number of carbonyl (C=O) groups is 1. The molecule has 1 aromatic heterocycles. The maximum absolute atomic E-state index is 11.3. The minimum Gasteiger partial charge on any atom is -0.496 e. The molecule has 3 atom stereocenters. The fourth-order valence-electron chi connectivity index (χ4n) is 5.27. The van der Waals surface area contributed by atoms with E-state index < -0.39 is 5.97 Å². The summed E-state index contributed by atoms with van der Waals surface area (Å²) in [6.45, 7) is 5.36. The topological polar surface area (TPSA) is 74.8 Å². The van der Waals surface area contributed by atoms with Crippen LogP contribution in [0, 0.1) is 18.8 Å². The molecule has 3 heterocycles. The molecule has 30 heavy (non-hydrogen) atoms. The number of likely N-dealkylation sites (tertiary alicyclic amines) is 1. The van der Waals surface area contributed by atoms with E-state index in [4.69, 9.17) is 9.47 Å². The minimum absolute atomic E-state index is 0.195. The van der Waals surface area contributed by atoms with Crippen LogP contribution in [0.5, 0.6) is 5.75 Å². The van der Waals surface area contributed by atoms with Gasteiger partial charge in [-0.2, -0.15) is 0 Å². The van der Waals surface area contributed by atoms with Gasteiger partial charge in [0, 0.05) is 53.6 Å². The predicted molar refractivity (Wildman–Crippen MR) is 114 cm³/mol. The van der Waals surface area contributed by atoms with E-state index in [9.17, 15) is 9.90 Å². The fourth-order valence-corrected chi connectivity index (χ4v) is 5.27. The molecular weight excluding hydrogens is 380 g/mol. The third-order valence-corrected chi connectivity index (χ3v) is 6.71. The number of aromatic carboxylic acids is 1. The van der Waals surface area contributed by atoms with Crippen molar-refractivity contribution in [3.8, 4) is 5.75 Å². The smallest absolute Gasteiger partial charge is 0.335 e. The normalized spacial score (nSPS) is 23.7. The Kier molecular flexibility index (Phi) is 4.76. The molecule has 0 spiro atoms. The highest BCUT2D eigenvalue weighted by atomic mass is 16.5. The van der Waals surface area contributed by atoms with Gasteiger partial charge in [-0.25, -0.2) is 4.79 Å². The van der Waals surface area contributed by atoms with Gasteiger partial charge in [0.25, 0.3) is 0 Å². The second-order valence-electron chi connectivity index (χ2n) is 8.40. The number of H-pyrrole nitrogens is 1. The second-order valence-corrected chi connectivity index (χ2v) is 8.40. The lowest BCUT2D eigenvalue weighted by molar-refractivity contribution is 0.0696. The molecule has 2 aliphatic rings. The zero-order valence-corrected chi connectivity index (χ0v) is 17.2. The lowest BCUT2D eigenvalue weighted by atomic mass is 9.89. The van der Waals surface area contributed by atoms with Gasteiger partial charge in [-0.1, -0.05) is 12.1 Å². The van der Waals surface area contributed by atoms with Crippen LogP contribution in [0.25, 0.3) is 10.9 Å². The SMILES string of the molecule is COc1cc(C)c2[nH]ccc2c1CN1C[C@@H]2COC[C@@H]2[C@H]1c1ccc(C(=O)O)cc1. The number of benzene rings is 2. The Morgan fingerprint density at radius 1 is 1.27 bits per heavy atom. The quantitative estimate of drug-likeness (QED) is 0.670. The monoisotopic (exact) mass is 406 g/mol. The molecule has 0 aliphatic carbocycles. The molecule has 0 amide bonds. The molecule has 6 heteroatoms. The molecule has 0 unspecified atom stereocenters. The highest BCUT2D eigenvalue weighted by molar-refractivity contribution is 5.88. The Labute approximate surface area is 175 Å². The summed E-state index contributed by atoms with van der Waals surface area (Å²) in [5.74, 6) is 0.921. The minimum atomic E-state index is -0.897. The number of carboxylic acids is 1. The maximum Gasteiger partial charge on any atom is 0.335 e. The van der Waals surface area contributed by atoms with Crippen LogP contribution >= 0.6 is 0 Å². The Bertz CT molecular complexity index is 1090. The van der Waals surface area contributed by atoms with Crippen molar-refractivity contribution in [2.75, 3.05) is 26.9 Å². The van der Waals surface area contributed by atoms with Gasteiger partial charge in [-0.05, 0) is 42.3 Å². The van der Waals surface area contributed by atoms with Crippen molar-refractivity contribution in [2.45, 2.75) is 19.5 Å². The summed E-state index contributed by atoms with van der Waals surface area (Å²) in [6.07, 6.45) is 1.98. The molecule has 2 aliphatic heterocycles. The van der Waals surface area contributed by atoms with Gasteiger partial charge in [-0.15, -0.1) is 0 Å². The molecule has 0 radical (unpaired) electrons. The van der Waals surface area contributed by atoms with E-state index in [1.807, 2.05) is 18.3 Å². The van der Waals surface area contributed by atoms with E-state index in [1.165, 1.54) is 16.5 Å². The number of rotatable bonds is 5. The first-order chi connectivity index (χ1) is 14.6. The van der Waals surface area contributed by atoms with E-state index in [1.54, 1.807) is 19.2 Å². The Morgan fingerprint density at radius 2 is 2.07 bits per heavy atom. The van der Waals surface area contributed by atoms with Crippen LogP contribution in [0.3, 0.4) is 0 Å². The first-order valence-corrected chi connectivity index (χ1v) is 10.4. The molecule has 2 N–H and O–H groups in total. The average molecular weight is 406 g/mol. The standard InChI is InChI=1S/C24H26N2O4/c1-14-9-21(29-2)19(18-7-8-25-22(14)18)11-26-10-17-12-30-13-20(17)23(26)15-3-5-16(6-4-15)24(27)28/h3-9,17,20,23,25H,10-13H2,1-2H3,(H,27,28)/t17-,20+,23-/m1/s1. The Balaban J connectivity index is 1.53. The predicted octanol–water partition coefficient (Wildman–Crippen LogP) is 4.00. The van der Waals surface area contributed by atoms with Gasteiger partial charge in [0.1, 0.15) is 5.75 Å². The summed E-state index contributed by atoms with van der Waals surface area (Å²) in [7, 11) is 1.73. The van der Waals surface area contributed by atoms with Crippen molar-refractivity contribution in [1.82, 2.24) is 9.88 Å². The van der Waals surface area contributed by atoms with Crippen molar-refractivity contribution in [3.63, 3.8) is 0 Å². The van der Waals surface area contributed by atoms with Crippen LogP contribution in [0.4, 0.5) is 0 Å². The van der Waals surface area contributed by atoms with Gasteiger partial charge < -0.3 is 19.6 Å². The molecule has 5 rings (SSSR count). The Hall–Kier alpha value is -2.83. The average Bonchev–Trinajstić information content (AvgIpc) is 3.46. The fraction of sp³-hybridized carbons (Fsp3) is 0.375. The van der Waals surface area contributed by atoms with E-state index in [-0.39, 0.29) is 6.04 Å². The molecule has 156 valence electrons. The summed E-state index contributed by atoms with van der Waals surface area (Å²) < 4.78 is 11.6. The Morgan fingerprint density at radius 3 is 2.80 bits per heavy atom. The largest absolute Gasteiger partial charge is 0.496 e. The van der Waals surface area contributed by atoms with Crippen molar-refractivity contribution in [3.05, 3.63) is 64.8 Å². The van der Waals surface area contributed by atoms with E-state index in [0.29, 0.717) is 17.4 Å². The number of methoxy groups -OCH3 is 1. The first kappa shape index (κ1) is 19.2. The number of nitrogens with one attached hydrogen (secondary N) is 1. The van der Waals surface area contributed by atoms with Crippen LogP contribution in [0.1, 0.15) is 33.1 Å². The summed E-state index contributed by atoms with van der Waals surface area (Å²) in [5, 5.41) is 10.4. The lowest BCUT2D eigenvalue weighted by Crippen LogP contribution is -2.27. The number of aromatic nitrogens is 1. The third-order valence-electron chi connectivity index (χ3n) is 6.71. The second kappa shape index (κ2) is 7.45. The van der Waals surface area contributed by atoms with Crippen LogP contribution in [0.15, 0.2) is 42.6 Å². The summed E-state index contributed by atoms with van der Waals surface area (Å²) in [5.41, 5.74) is 4.97. The van der Waals surface area contributed by atoms with E-state index in [2.05, 4.69) is 28.9 Å². The zero-order valence-electron chi connectivity index (χ0n) is 17.2. The lowest BCUT2D eigenvalue weighted by Gasteiger charge is -2.29. The summed E-state index contributed by atoms with van der Waals surface area (Å²) in [6, 6.07) is 11.7. The molecule has 2 saturated heterocycles.